The molecule has 170 valence electrons. The first kappa shape index (κ1) is 24.4. The molecule has 1 atom stereocenters. The standard InChI is InChI=1S/C22H24Cl2FN5OS/c1-13(26-20(31)27-22(2,3)4)19-28-29-21(32-12-14-5-8-16(25)9-6-14)30(19)18-10-7-15(23)11-17(18)24/h5-11,13H,12H2,1-4H3,(H2,26,27,31). The summed E-state index contributed by atoms with van der Waals surface area (Å²) in [6, 6.07) is 10.7. The molecule has 2 amide bonds. The number of nitrogens with zero attached hydrogens (tertiary/aromatic N) is 3. The van der Waals surface area contributed by atoms with Crippen LogP contribution in [0.2, 0.25) is 10.0 Å². The van der Waals surface area contributed by atoms with E-state index in [2.05, 4.69) is 20.8 Å². The van der Waals surface area contributed by atoms with Gasteiger partial charge in [0.15, 0.2) is 11.0 Å². The molecule has 6 nitrogen and oxygen atoms in total. The molecule has 1 unspecified atom stereocenters. The van der Waals surface area contributed by atoms with Gasteiger partial charge >= 0.3 is 6.03 Å². The van der Waals surface area contributed by atoms with Crippen LogP contribution in [0, 0.1) is 5.82 Å². The summed E-state index contributed by atoms with van der Waals surface area (Å²) in [5, 5.41) is 15.9. The van der Waals surface area contributed by atoms with Crippen LogP contribution in [-0.4, -0.2) is 26.3 Å². The lowest BCUT2D eigenvalue weighted by atomic mass is 10.1. The van der Waals surface area contributed by atoms with Crippen molar-refractivity contribution in [2.75, 3.05) is 0 Å². The van der Waals surface area contributed by atoms with Gasteiger partial charge in [0.1, 0.15) is 5.82 Å². The zero-order chi connectivity index (χ0) is 23.5. The average molecular weight is 496 g/mol. The van der Waals surface area contributed by atoms with E-state index in [0.29, 0.717) is 32.5 Å². The SMILES string of the molecule is CC(NC(=O)NC(C)(C)C)c1nnc(SCc2ccc(F)cc2)n1-c1ccc(Cl)cc1Cl. The van der Waals surface area contributed by atoms with Crippen LogP contribution in [0.25, 0.3) is 5.69 Å². The number of hydrogen-bond acceptors (Lipinski definition) is 4. The van der Waals surface area contributed by atoms with E-state index >= 15 is 0 Å². The third-order valence-electron chi connectivity index (χ3n) is 4.31. The number of carbonyl (C=O) groups is 1. The summed E-state index contributed by atoms with van der Waals surface area (Å²) >= 11 is 14.0. The Morgan fingerprint density at radius 2 is 1.84 bits per heavy atom. The van der Waals surface area contributed by atoms with Gasteiger partial charge in [-0.1, -0.05) is 47.1 Å². The minimum atomic E-state index is -0.461. The maximum Gasteiger partial charge on any atom is 0.315 e. The van der Waals surface area contributed by atoms with Crippen molar-refractivity contribution in [3.05, 3.63) is 69.7 Å². The molecule has 0 fully saturated rings. The predicted octanol–water partition coefficient (Wildman–Crippen LogP) is 6.16. The van der Waals surface area contributed by atoms with Crippen molar-refractivity contribution in [1.29, 1.82) is 0 Å². The molecule has 0 bridgehead atoms. The van der Waals surface area contributed by atoms with Crippen LogP contribution < -0.4 is 10.6 Å². The average Bonchev–Trinajstić information content (AvgIpc) is 3.10. The molecule has 2 aromatic carbocycles. The van der Waals surface area contributed by atoms with E-state index in [9.17, 15) is 9.18 Å². The second kappa shape index (κ2) is 10.1. The van der Waals surface area contributed by atoms with Crippen molar-refractivity contribution >= 4 is 41.0 Å². The van der Waals surface area contributed by atoms with Gasteiger partial charge in [-0.25, -0.2) is 9.18 Å². The third-order valence-corrected chi connectivity index (χ3v) is 5.85. The first-order chi connectivity index (χ1) is 15.0. The molecule has 2 N–H and O–H groups in total. The van der Waals surface area contributed by atoms with Crippen molar-refractivity contribution in [3.8, 4) is 5.69 Å². The highest BCUT2D eigenvalue weighted by Crippen LogP contribution is 2.32. The molecule has 3 aromatic rings. The summed E-state index contributed by atoms with van der Waals surface area (Å²) in [6.07, 6.45) is 0. The van der Waals surface area contributed by atoms with Gasteiger partial charge in [0.25, 0.3) is 0 Å². The Hall–Kier alpha value is -2.29. The zero-order valence-corrected chi connectivity index (χ0v) is 20.4. The highest BCUT2D eigenvalue weighted by Gasteiger charge is 2.24. The van der Waals surface area contributed by atoms with Crippen LogP contribution in [0.3, 0.4) is 0 Å². The topological polar surface area (TPSA) is 71.8 Å². The minimum absolute atomic E-state index is 0.286. The molecule has 0 aliphatic heterocycles. The number of urea groups is 1. The summed E-state index contributed by atoms with van der Waals surface area (Å²) in [5.41, 5.74) is 1.20. The highest BCUT2D eigenvalue weighted by atomic mass is 35.5. The Morgan fingerprint density at radius 3 is 2.47 bits per heavy atom. The number of halogens is 3. The van der Waals surface area contributed by atoms with E-state index in [0.717, 1.165) is 5.56 Å². The molecule has 0 aliphatic rings. The second-order valence-electron chi connectivity index (χ2n) is 8.26. The summed E-state index contributed by atoms with van der Waals surface area (Å²) in [6.45, 7) is 7.52. The quantitative estimate of drug-likeness (QED) is 0.401. The van der Waals surface area contributed by atoms with Crippen LogP contribution in [0.1, 0.15) is 45.1 Å². The van der Waals surface area contributed by atoms with Gasteiger partial charge in [-0.3, -0.25) is 4.57 Å². The number of thioether (sulfide) groups is 1. The lowest BCUT2D eigenvalue weighted by Crippen LogP contribution is -2.47. The zero-order valence-electron chi connectivity index (χ0n) is 18.1. The van der Waals surface area contributed by atoms with E-state index < -0.39 is 6.04 Å². The molecule has 32 heavy (non-hydrogen) atoms. The number of nitrogens with one attached hydrogen (secondary N) is 2. The Balaban J connectivity index is 1.92. The smallest absolute Gasteiger partial charge is 0.315 e. The molecule has 10 heteroatoms. The van der Waals surface area contributed by atoms with Crippen molar-refractivity contribution in [1.82, 2.24) is 25.4 Å². The number of amides is 2. The van der Waals surface area contributed by atoms with Crippen molar-refractivity contribution in [2.24, 2.45) is 0 Å². The molecular formula is C22H24Cl2FN5OS. The Morgan fingerprint density at radius 1 is 1.16 bits per heavy atom. The molecule has 0 spiro atoms. The second-order valence-corrected chi connectivity index (χ2v) is 10.0. The summed E-state index contributed by atoms with van der Waals surface area (Å²) in [5.74, 6) is 0.779. The normalized spacial score (nSPS) is 12.5. The van der Waals surface area contributed by atoms with E-state index in [4.69, 9.17) is 23.2 Å². The Kier molecular flexibility index (Phi) is 7.69. The van der Waals surface area contributed by atoms with Gasteiger partial charge in [0.2, 0.25) is 0 Å². The minimum Gasteiger partial charge on any atom is -0.334 e. The van der Waals surface area contributed by atoms with Crippen LogP contribution in [0.5, 0.6) is 0 Å². The van der Waals surface area contributed by atoms with Gasteiger partial charge in [-0.05, 0) is 63.6 Å². The van der Waals surface area contributed by atoms with Crippen molar-refractivity contribution in [3.63, 3.8) is 0 Å². The van der Waals surface area contributed by atoms with Crippen LogP contribution >= 0.6 is 35.0 Å². The van der Waals surface area contributed by atoms with Crippen LogP contribution in [-0.2, 0) is 5.75 Å². The number of aromatic nitrogens is 3. The fourth-order valence-corrected chi connectivity index (χ4v) is 4.31. The third kappa shape index (κ3) is 6.37. The maximum absolute atomic E-state index is 13.2. The summed E-state index contributed by atoms with van der Waals surface area (Å²) in [4.78, 5) is 12.4. The van der Waals surface area contributed by atoms with Crippen molar-refractivity contribution in [2.45, 2.75) is 50.2 Å². The first-order valence-corrected chi connectivity index (χ1v) is 11.6. The van der Waals surface area contributed by atoms with Gasteiger partial charge in [0, 0.05) is 16.3 Å². The molecule has 1 heterocycles. The predicted molar refractivity (Wildman–Crippen MR) is 127 cm³/mol. The number of rotatable bonds is 6. The maximum atomic E-state index is 13.2. The van der Waals surface area contributed by atoms with Gasteiger partial charge < -0.3 is 10.6 Å². The molecule has 0 radical (unpaired) electrons. The van der Waals surface area contributed by atoms with Crippen LogP contribution in [0.15, 0.2) is 47.6 Å². The van der Waals surface area contributed by atoms with E-state index in [1.807, 2.05) is 27.7 Å². The fraction of sp³-hybridized carbons (Fsp3) is 0.318. The lowest BCUT2D eigenvalue weighted by molar-refractivity contribution is 0.228. The largest absolute Gasteiger partial charge is 0.334 e. The first-order valence-electron chi connectivity index (χ1n) is 9.90. The number of hydrogen-bond donors (Lipinski definition) is 2. The monoisotopic (exact) mass is 495 g/mol. The molecular weight excluding hydrogens is 472 g/mol. The molecule has 0 saturated carbocycles. The Labute approximate surface area is 200 Å². The van der Waals surface area contributed by atoms with E-state index in [1.54, 1.807) is 34.9 Å². The Bertz CT molecular complexity index is 1100. The van der Waals surface area contributed by atoms with Gasteiger partial charge in [0.05, 0.1) is 16.8 Å². The fourth-order valence-electron chi connectivity index (χ4n) is 2.91. The van der Waals surface area contributed by atoms with E-state index in [1.165, 1.54) is 23.9 Å². The summed E-state index contributed by atoms with van der Waals surface area (Å²) < 4.78 is 15.0. The number of carbonyl (C=O) groups excluding carboxylic acids is 1. The molecule has 3 rings (SSSR count). The van der Waals surface area contributed by atoms with E-state index in [-0.39, 0.29) is 17.4 Å². The van der Waals surface area contributed by atoms with Crippen LogP contribution in [0.4, 0.5) is 9.18 Å². The molecule has 0 aliphatic carbocycles. The van der Waals surface area contributed by atoms with Gasteiger partial charge in [-0.15, -0.1) is 10.2 Å². The highest BCUT2D eigenvalue weighted by molar-refractivity contribution is 7.98. The molecule has 0 saturated heterocycles. The lowest BCUT2D eigenvalue weighted by Gasteiger charge is -2.23. The summed E-state index contributed by atoms with van der Waals surface area (Å²) in [7, 11) is 0. The number of benzene rings is 2. The molecule has 1 aromatic heterocycles. The van der Waals surface area contributed by atoms with Gasteiger partial charge in [-0.2, -0.15) is 0 Å². The van der Waals surface area contributed by atoms with Crippen molar-refractivity contribution < 1.29 is 9.18 Å².